The standard InChI is InChI=1S/C25H35N2P/c1-16(2)20-11-9-12-21(17(3)4)24(20)26-15-27(28-26)25-22(18(5)6)13-10-14-23(25)19(7)8/h9-14,16-19,28H,1-8H3. The summed E-state index contributed by atoms with van der Waals surface area (Å²) in [6.07, 6.45) is 0. The Morgan fingerprint density at radius 3 is 1.04 bits per heavy atom. The van der Waals surface area contributed by atoms with E-state index in [1.807, 2.05) is 0 Å². The van der Waals surface area contributed by atoms with E-state index in [0.717, 1.165) is 0 Å². The van der Waals surface area contributed by atoms with Crippen LogP contribution in [0.4, 0.5) is 11.4 Å². The number of hydrogen-bond donors (Lipinski definition) is 0. The Hall–Kier alpha value is -1.53. The number of para-hydroxylation sites is 2. The SMILES string of the molecule is CC(C)c1cccc(C(C)C)c1N1[C]N(c2c(C(C)C)cccc2C(C)C)P1. The van der Waals surface area contributed by atoms with E-state index in [0.29, 0.717) is 32.6 Å². The molecule has 2 radical (unpaired) electrons. The highest BCUT2D eigenvalue weighted by Gasteiger charge is 2.34. The molecule has 0 amide bonds. The van der Waals surface area contributed by atoms with Gasteiger partial charge in [0.15, 0.2) is 0 Å². The fraction of sp³-hybridized carbons (Fsp3) is 0.480. The fourth-order valence-corrected chi connectivity index (χ4v) is 5.01. The Morgan fingerprint density at radius 2 is 0.821 bits per heavy atom. The molecule has 0 aromatic heterocycles. The van der Waals surface area contributed by atoms with E-state index in [-0.39, 0.29) is 0 Å². The van der Waals surface area contributed by atoms with Crippen molar-refractivity contribution in [2.24, 2.45) is 0 Å². The van der Waals surface area contributed by atoms with Gasteiger partial charge in [-0.25, -0.2) is 0 Å². The molecule has 1 aliphatic rings. The molecule has 3 rings (SSSR count). The van der Waals surface area contributed by atoms with Gasteiger partial charge in [-0.3, -0.25) is 0 Å². The van der Waals surface area contributed by atoms with Crippen molar-refractivity contribution >= 4 is 20.3 Å². The van der Waals surface area contributed by atoms with Crippen molar-refractivity contribution in [3.05, 3.63) is 65.3 Å². The smallest absolute Gasteiger partial charge is 0.218 e. The summed E-state index contributed by atoms with van der Waals surface area (Å²) in [5, 5.41) is 0. The molecule has 0 bridgehead atoms. The van der Waals surface area contributed by atoms with E-state index in [1.165, 1.54) is 33.6 Å². The largest absolute Gasteiger partial charge is 0.304 e. The second-order valence-electron chi connectivity index (χ2n) is 9.06. The molecule has 1 fully saturated rings. The summed E-state index contributed by atoms with van der Waals surface area (Å²) in [5.41, 5.74) is 8.43. The first-order valence-electron chi connectivity index (χ1n) is 10.6. The first-order chi connectivity index (χ1) is 13.2. The molecular formula is C25H35N2P. The van der Waals surface area contributed by atoms with E-state index >= 15 is 0 Å². The first kappa shape index (κ1) is 21.2. The van der Waals surface area contributed by atoms with Gasteiger partial charge >= 0.3 is 0 Å². The number of benzene rings is 2. The molecule has 1 aliphatic heterocycles. The van der Waals surface area contributed by atoms with Crippen LogP contribution in [0.5, 0.6) is 0 Å². The quantitative estimate of drug-likeness (QED) is 0.458. The molecule has 2 aromatic carbocycles. The maximum atomic E-state index is 3.67. The van der Waals surface area contributed by atoms with Crippen molar-refractivity contribution in [1.29, 1.82) is 0 Å². The van der Waals surface area contributed by atoms with Crippen LogP contribution in [0, 0.1) is 6.67 Å². The number of nitrogens with zero attached hydrogens (tertiary/aromatic N) is 2. The van der Waals surface area contributed by atoms with Crippen molar-refractivity contribution in [2.45, 2.75) is 79.1 Å². The third-order valence-corrected chi connectivity index (χ3v) is 6.58. The van der Waals surface area contributed by atoms with Crippen LogP contribution in [-0.4, -0.2) is 0 Å². The Labute approximate surface area is 174 Å². The normalized spacial score (nSPS) is 14.6. The zero-order valence-corrected chi connectivity index (χ0v) is 19.7. The van der Waals surface area contributed by atoms with Crippen LogP contribution in [0.25, 0.3) is 0 Å². The minimum absolute atomic E-state index is 0.503. The molecule has 1 saturated heterocycles. The Morgan fingerprint density at radius 1 is 0.571 bits per heavy atom. The van der Waals surface area contributed by atoms with E-state index in [2.05, 4.69) is 108 Å². The summed E-state index contributed by atoms with van der Waals surface area (Å²) in [6, 6.07) is 13.5. The third kappa shape index (κ3) is 3.94. The summed E-state index contributed by atoms with van der Waals surface area (Å²) in [4.78, 5) is 0. The molecular weight excluding hydrogens is 359 g/mol. The van der Waals surface area contributed by atoms with Gasteiger partial charge in [0.1, 0.15) is 0 Å². The van der Waals surface area contributed by atoms with Gasteiger partial charge in [-0.15, -0.1) is 0 Å². The average Bonchev–Trinajstić information content (AvgIpc) is 2.59. The van der Waals surface area contributed by atoms with Crippen LogP contribution in [0.3, 0.4) is 0 Å². The molecule has 0 saturated carbocycles. The molecule has 2 nitrogen and oxygen atoms in total. The van der Waals surface area contributed by atoms with Gasteiger partial charge in [-0.05, 0) is 45.9 Å². The predicted octanol–water partition coefficient (Wildman–Crippen LogP) is 8.01. The molecule has 0 spiro atoms. The lowest BCUT2D eigenvalue weighted by Gasteiger charge is -2.46. The molecule has 1 heterocycles. The topological polar surface area (TPSA) is 6.48 Å². The summed E-state index contributed by atoms with van der Waals surface area (Å²) in [6.45, 7) is 22.0. The number of rotatable bonds is 6. The lowest BCUT2D eigenvalue weighted by molar-refractivity contribution is 0.817. The van der Waals surface area contributed by atoms with Crippen LogP contribution in [0.1, 0.15) is 101 Å². The zero-order valence-electron chi connectivity index (χ0n) is 18.7. The monoisotopic (exact) mass is 394 g/mol. The van der Waals surface area contributed by atoms with Crippen LogP contribution >= 0.6 is 8.88 Å². The highest BCUT2D eigenvalue weighted by Crippen LogP contribution is 2.53. The second-order valence-corrected chi connectivity index (χ2v) is 10.2. The predicted molar refractivity (Wildman–Crippen MR) is 126 cm³/mol. The van der Waals surface area contributed by atoms with Crippen molar-refractivity contribution in [3.63, 3.8) is 0 Å². The van der Waals surface area contributed by atoms with E-state index in [9.17, 15) is 0 Å². The highest BCUT2D eigenvalue weighted by atomic mass is 31.1. The summed E-state index contributed by atoms with van der Waals surface area (Å²) < 4.78 is 4.71. The minimum atomic E-state index is 0.503. The number of anilines is 2. The highest BCUT2D eigenvalue weighted by molar-refractivity contribution is 7.45. The van der Waals surface area contributed by atoms with Crippen molar-refractivity contribution in [1.82, 2.24) is 0 Å². The Bertz CT molecular complexity index is 697. The summed E-state index contributed by atoms with van der Waals surface area (Å²) >= 11 is 0. The average molecular weight is 395 g/mol. The molecule has 2 aromatic rings. The van der Waals surface area contributed by atoms with Crippen molar-refractivity contribution < 1.29 is 0 Å². The van der Waals surface area contributed by atoms with Gasteiger partial charge in [0.05, 0.1) is 20.3 Å². The summed E-state index contributed by atoms with van der Waals surface area (Å²) in [7, 11) is 0.570. The van der Waals surface area contributed by atoms with Crippen LogP contribution < -0.4 is 9.34 Å². The number of hydrogen-bond acceptors (Lipinski definition) is 2. The van der Waals surface area contributed by atoms with Gasteiger partial charge in [-0.2, -0.15) is 0 Å². The summed E-state index contributed by atoms with van der Waals surface area (Å²) in [5.74, 6) is 2.01. The lowest BCUT2D eigenvalue weighted by Crippen LogP contribution is -2.38. The van der Waals surface area contributed by atoms with Crippen molar-refractivity contribution in [2.75, 3.05) is 9.34 Å². The van der Waals surface area contributed by atoms with E-state index < -0.39 is 0 Å². The van der Waals surface area contributed by atoms with Gasteiger partial charge in [0.25, 0.3) is 0 Å². The third-order valence-electron chi connectivity index (χ3n) is 5.53. The van der Waals surface area contributed by atoms with Crippen LogP contribution in [0.15, 0.2) is 36.4 Å². The molecule has 0 N–H and O–H groups in total. The minimum Gasteiger partial charge on any atom is -0.304 e. The maximum Gasteiger partial charge on any atom is 0.218 e. The molecule has 0 atom stereocenters. The maximum absolute atomic E-state index is 3.67. The molecule has 0 unspecified atom stereocenters. The van der Waals surface area contributed by atoms with E-state index in [1.54, 1.807) is 0 Å². The first-order valence-corrected chi connectivity index (χ1v) is 11.5. The Kier molecular flexibility index (Phi) is 6.40. The van der Waals surface area contributed by atoms with Crippen LogP contribution in [-0.2, 0) is 0 Å². The molecule has 3 heteroatoms. The molecule has 0 aliphatic carbocycles. The fourth-order valence-electron chi connectivity index (χ4n) is 3.94. The van der Waals surface area contributed by atoms with E-state index in [4.69, 9.17) is 0 Å². The Balaban J connectivity index is 1.96. The second kappa shape index (κ2) is 8.46. The van der Waals surface area contributed by atoms with Gasteiger partial charge in [-0.1, -0.05) is 91.8 Å². The van der Waals surface area contributed by atoms with Gasteiger partial charge in [0, 0.05) is 0 Å². The molecule has 150 valence electrons. The molecule has 28 heavy (non-hydrogen) atoms. The van der Waals surface area contributed by atoms with Crippen molar-refractivity contribution in [3.8, 4) is 0 Å². The van der Waals surface area contributed by atoms with Gasteiger partial charge < -0.3 is 9.34 Å². The lowest BCUT2D eigenvalue weighted by atomic mass is 9.92. The van der Waals surface area contributed by atoms with Crippen LogP contribution in [0.2, 0.25) is 0 Å². The van der Waals surface area contributed by atoms with Gasteiger partial charge in [0.2, 0.25) is 6.67 Å². The zero-order chi connectivity index (χ0) is 20.6.